The molecule has 0 spiro atoms. The first-order valence-electron chi connectivity index (χ1n) is 6.10. The summed E-state index contributed by atoms with van der Waals surface area (Å²) < 4.78 is 0. The predicted octanol–water partition coefficient (Wildman–Crippen LogP) is 2.78. The van der Waals surface area contributed by atoms with Gasteiger partial charge in [0.25, 0.3) is 0 Å². The molecule has 1 saturated carbocycles. The maximum absolute atomic E-state index is 11.5. The first-order valence-corrected chi connectivity index (χ1v) is 6.73. The number of rotatable bonds is 8. The number of amides is 1. The van der Waals surface area contributed by atoms with Crippen molar-refractivity contribution in [3.63, 3.8) is 0 Å². The zero-order valence-electron chi connectivity index (χ0n) is 9.72. The van der Waals surface area contributed by atoms with Crippen molar-refractivity contribution in [2.45, 2.75) is 51.9 Å². The van der Waals surface area contributed by atoms with Crippen LogP contribution in [0.1, 0.15) is 51.9 Å². The normalized spacial score (nSPS) is 17.5. The number of carbonyl (C=O) groups is 1. The van der Waals surface area contributed by atoms with E-state index >= 15 is 0 Å². The molecule has 0 aromatic heterocycles. The maximum atomic E-state index is 11.5. The van der Waals surface area contributed by atoms with Crippen LogP contribution in [-0.4, -0.2) is 18.2 Å². The van der Waals surface area contributed by atoms with Crippen molar-refractivity contribution in [2.24, 2.45) is 5.41 Å². The number of hydrogen-bond acceptors (Lipinski definition) is 2. The van der Waals surface area contributed by atoms with Crippen LogP contribution in [0.5, 0.6) is 0 Å². The number of carbonyl (C=O) groups excluding carboxylic acids is 1. The van der Waals surface area contributed by atoms with Gasteiger partial charge in [0.1, 0.15) is 0 Å². The Bertz CT molecular complexity index is 202. The zero-order chi connectivity index (χ0) is 11.1. The Balaban J connectivity index is 1.99. The number of thiol groups is 1. The van der Waals surface area contributed by atoms with E-state index in [0.717, 1.165) is 18.7 Å². The smallest absolute Gasteiger partial charge is 0.220 e. The van der Waals surface area contributed by atoms with Crippen LogP contribution in [0.4, 0.5) is 0 Å². The van der Waals surface area contributed by atoms with E-state index in [1.54, 1.807) is 0 Å². The van der Waals surface area contributed by atoms with Gasteiger partial charge in [-0.3, -0.25) is 4.79 Å². The fourth-order valence-electron chi connectivity index (χ4n) is 1.75. The summed E-state index contributed by atoms with van der Waals surface area (Å²) in [6.07, 6.45) is 7.92. The molecule has 15 heavy (non-hydrogen) atoms. The van der Waals surface area contributed by atoms with Crippen molar-refractivity contribution in [3.8, 4) is 0 Å². The quantitative estimate of drug-likeness (QED) is 0.486. The second-order valence-corrected chi connectivity index (χ2v) is 5.06. The molecule has 0 bridgehead atoms. The fourth-order valence-corrected chi connectivity index (χ4v) is 2.18. The monoisotopic (exact) mass is 229 g/mol. The molecule has 0 aliphatic heterocycles. The first kappa shape index (κ1) is 12.9. The highest BCUT2D eigenvalue weighted by Gasteiger charge is 2.42. The van der Waals surface area contributed by atoms with Crippen LogP contribution in [0, 0.1) is 5.41 Å². The molecule has 1 N–H and O–H groups in total. The highest BCUT2D eigenvalue weighted by atomic mass is 32.1. The summed E-state index contributed by atoms with van der Waals surface area (Å²) in [5.74, 6) is 1.08. The summed E-state index contributed by atoms with van der Waals surface area (Å²) in [7, 11) is 0. The minimum atomic E-state index is 0.220. The zero-order valence-corrected chi connectivity index (χ0v) is 10.6. The molecular weight excluding hydrogens is 206 g/mol. The molecule has 2 nitrogen and oxygen atoms in total. The van der Waals surface area contributed by atoms with Gasteiger partial charge < -0.3 is 5.32 Å². The summed E-state index contributed by atoms with van der Waals surface area (Å²) in [5.41, 5.74) is 0.261. The average molecular weight is 229 g/mol. The molecule has 0 saturated heterocycles. The van der Waals surface area contributed by atoms with E-state index in [9.17, 15) is 4.79 Å². The highest BCUT2D eigenvalue weighted by Crippen LogP contribution is 2.49. The molecule has 0 radical (unpaired) electrons. The lowest BCUT2D eigenvalue weighted by Gasteiger charge is -2.11. The van der Waals surface area contributed by atoms with E-state index in [4.69, 9.17) is 0 Å². The Labute approximate surface area is 98.6 Å². The van der Waals surface area contributed by atoms with Gasteiger partial charge in [0.15, 0.2) is 0 Å². The summed E-state index contributed by atoms with van der Waals surface area (Å²) in [6, 6.07) is 0. The van der Waals surface area contributed by atoms with Gasteiger partial charge in [-0.15, -0.1) is 0 Å². The van der Waals surface area contributed by atoms with Gasteiger partial charge >= 0.3 is 0 Å². The summed E-state index contributed by atoms with van der Waals surface area (Å²) in [6.45, 7) is 3.05. The van der Waals surface area contributed by atoms with Crippen LogP contribution in [0.3, 0.4) is 0 Å². The van der Waals surface area contributed by atoms with Crippen LogP contribution in [0.25, 0.3) is 0 Å². The topological polar surface area (TPSA) is 29.1 Å². The Hall–Kier alpha value is -0.180. The molecule has 1 aliphatic carbocycles. The molecule has 88 valence electrons. The van der Waals surface area contributed by atoms with Crippen LogP contribution < -0.4 is 5.32 Å². The van der Waals surface area contributed by atoms with Gasteiger partial charge in [-0.25, -0.2) is 0 Å². The Morgan fingerprint density at radius 3 is 2.60 bits per heavy atom. The largest absolute Gasteiger partial charge is 0.356 e. The third-order valence-corrected chi connectivity index (χ3v) is 3.85. The van der Waals surface area contributed by atoms with Gasteiger partial charge in [0.2, 0.25) is 5.91 Å². The van der Waals surface area contributed by atoms with Crippen LogP contribution in [-0.2, 0) is 4.79 Å². The fraction of sp³-hybridized carbons (Fsp3) is 0.917. The van der Waals surface area contributed by atoms with Crippen molar-refractivity contribution in [1.29, 1.82) is 0 Å². The lowest BCUT2D eigenvalue weighted by molar-refractivity contribution is -0.122. The molecule has 1 fully saturated rings. The van der Waals surface area contributed by atoms with Gasteiger partial charge in [0.05, 0.1) is 0 Å². The lowest BCUT2D eigenvalue weighted by atomic mass is 10.1. The summed E-state index contributed by atoms with van der Waals surface area (Å²) in [4.78, 5) is 11.5. The molecule has 3 heteroatoms. The number of hydrogen-bond donors (Lipinski definition) is 2. The molecule has 0 aromatic rings. The molecule has 1 amide bonds. The van der Waals surface area contributed by atoms with E-state index in [2.05, 4.69) is 24.9 Å². The van der Waals surface area contributed by atoms with Crippen LogP contribution in [0.15, 0.2) is 0 Å². The van der Waals surface area contributed by atoms with E-state index in [-0.39, 0.29) is 11.3 Å². The Morgan fingerprint density at radius 2 is 2.07 bits per heavy atom. The van der Waals surface area contributed by atoms with E-state index in [0.29, 0.717) is 6.42 Å². The molecule has 1 aliphatic rings. The minimum absolute atomic E-state index is 0.220. The second kappa shape index (κ2) is 6.41. The first-order chi connectivity index (χ1) is 7.22. The van der Waals surface area contributed by atoms with Crippen LogP contribution in [0.2, 0.25) is 0 Å². The lowest BCUT2D eigenvalue weighted by Crippen LogP contribution is -2.27. The van der Waals surface area contributed by atoms with E-state index in [1.165, 1.54) is 32.1 Å². The van der Waals surface area contributed by atoms with Gasteiger partial charge in [0, 0.05) is 13.0 Å². The molecular formula is C12H23NOS. The third-order valence-electron chi connectivity index (χ3n) is 3.18. The Morgan fingerprint density at radius 1 is 1.33 bits per heavy atom. The maximum Gasteiger partial charge on any atom is 0.220 e. The SMILES string of the molecule is CCCCCCNC(=O)CC1(CS)CC1. The average Bonchev–Trinajstić information content (AvgIpc) is 2.98. The van der Waals surface area contributed by atoms with Crippen LogP contribution >= 0.6 is 12.6 Å². The van der Waals surface area contributed by atoms with Crippen molar-refractivity contribution in [2.75, 3.05) is 12.3 Å². The van der Waals surface area contributed by atoms with E-state index < -0.39 is 0 Å². The molecule has 0 unspecified atom stereocenters. The number of unbranched alkanes of at least 4 members (excludes halogenated alkanes) is 3. The van der Waals surface area contributed by atoms with Gasteiger partial charge in [-0.05, 0) is 30.4 Å². The predicted molar refractivity (Wildman–Crippen MR) is 67.3 cm³/mol. The molecule has 0 heterocycles. The Kier molecular flexibility index (Phi) is 5.51. The molecule has 0 aromatic carbocycles. The van der Waals surface area contributed by atoms with Gasteiger partial charge in [-0.2, -0.15) is 12.6 Å². The van der Waals surface area contributed by atoms with Crippen molar-refractivity contribution in [3.05, 3.63) is 0 Å². The van der Waals surface area contributed by atoms with Gasteiger partial charge in [-0.1, -0.05) is 26.2 Å². The molecule has 0 atom stereocenters. The van der Waals surface area contributed by atoms with Crippen molar-refractivity contribution >= 4 is 18.5 Å². The standard InChI is InChI=1S/C12H23NOS/c1-2-3-4-5-8-13-11(14)9-12(10-15)6-7-12/h15H,2-10H2,1H3,(H,13,14). The minimum Gasteiger partial charge on any atom is -0.356 e. The van der Waals surface area contributed by atoms with Crippen molar-refractivity contribution < 1.29 is 4.79 Å². The van der Waals surface area contributed by atoms with Crippen molar-refractivity contribution in [1.82, 2.24) is 5.32 Å². The summed E-state index contributed by atoms with van der Waals surface area (Å²) >= 11 is 4.30. The molecule has 1 rings (SSSR count). The highest BCUT2D eigenvalue weighted by molar-refractivity contribution is 7.80. The summed E-state index contributed by atoms with van der Waals surface area (Å²) in [5, 5.41) is 3.00. The number of nitrogens with one attached hydrogen (secondary N) is 1. The second-order valence-electron chi connectivity index (χ2n) is 4.75. The van der Waals surface area contributed by atoms with E-state index in [1.807, 2.05) is 0 Å². The third kappa shape index (κ3) is 4.92.